The minimum Gasteiger partial charge on any atom is -0.408 e. The van der Waals surface area contributed by atoms with Crippen molar-refractivity contribution in [3.63, 3.8) is 0 Å². The highest BCUT2D eigenvalue weighted by molar-refractivity contribution is 7.89. The quantitative estimate of drug-likeness (QED) is 0.733. The lowest BCUT2D eigenvalue weighted by Gasteiger charge is -2.12. The van der Waals surface area contributed by atoms with Gasteiger partial charge < -0.3 is 9.73 Å². The first-order valence-electron chi connectivity index (χ1n) is 7.24. The SMILES string of the molecule is CN(C)S(=O)(=O)c1cccc(C(=O)Nc2ccc3[nH]c(=O)oc3c2)c1. The molecule has 130 valence electrons. The van der Waals surface area contributed by atoms with Crippen LogP contribution in [0.15, 0.2) is 56.6 Å². The van der Waals surface area contributed by atoms with Crippen molar-refractivity contribution in [1.82, 2.24) is 9.29 Å². The molecule has 0 bridgehead atoms. The van der Waals surface area contributed by atoms with Gasteiger partial charge in [-0.1, -0.05) is 6.07 Å². The number of anilines is 1. The number of hydrogen-bond donors (Lipinski definition) is 2. The summed E-state index contributed by atoms with van der Waals surface area (Å²) in [5, 5.41) is 2.64. The number of aromatic amines is 1. The second kappa shape index (κ2) is 6.19. The number of sulfonamides is 1. The van der Waals surface area contributed by atoms with Crippen LogP contribution in [0.5, 0.6) is 0 Å². The Kier molecular flexibility index (Phi) is 4.19. The molecule has 3 aromatic rings. The van der Waals surface area contributed by atoms with Gasteiger partial charge in [-0.3, -0.25) is 9.78 Å². The predicted molar refractivity (Wildman–Crippen MR) is 92.1 cm³/mol. The van der Waals surface area contributed by atoms with Crippen LogP contribution in [0.25, 0.3) is 11.1 Å². The Morgan fingerprint density at radius 2 is 1.92 bits per heavy atom. The summed E-state index contributed by atoms with van der Waals surface area (Å²) in [7, 11) is -0.795. The number of nitrogens with zero attached hydrogens (tertiary/aromatic N) is 1. The summed E-state index contributed by atoms with van der Waals surface area (Å²) >= 11 is 0. The molecule has 0 saturated carbocycles. The normalized spacial score (nSPS) is 11.8. The summed E-state index contributed by atoms with van der Waals surface area (Å²) in [6.07, 6.45) is 0. The Hall–Kier alpha value is -2.91. The summed E-state index contributed by atoms with van der Waals surface area (Å²) in [4.78, 5) is 26.1. The first-order valence-corrected chi connectivity index (χ1v) is 8.68. The molecule has 9 heteroatoms. The first-order chi connectivity index (χ1) is 11.8. The third-order valence-electron chi connectivity index (χ3n) is 3.55. The van der Waals surface area contributed by atoms with Gasteiger partial charge in [0.05, 0.1) is 10.4 Å². The molecule has 0 fully saturated rings. The molecule has 0 saturated heterocycles. The number of carbonyl (C=O) groups excluding carboxylic acids is 1. The van der Waals surface area contributed by atoms with Gasteiger partial charge in [0.25, 0.3) is 5.91 Å². The number of amides is 1. The maximum atomic E-state index is 12.4. The second-order valence-corrected chi connectivity index (χ2v) is 7.65. The van der Waals surface area contributed by atoms with Crippen molar-refractivity contribution in [2.75, 3.05) is 19.4 Å². The molecule has 0 aliphatic carbocycles. The zero-order valence-corrected chi connectivity index (χ0v) is 14.3. The zero-order valence-electron chi connectivity index (χ0n) is 13.4. The van der Waals surface area contributed by atoms with Gasteiger partial charge in [0, 0.05) is 31.4 Å². The van der Waals surface area contributed by atoms with Crippen LogP contribution in [0.3, 0.4) is 0 Å². The maximum absolute atomic E-state index is 12.4. The first kappa shape index (κ1) is 16.9. The lowest BCUT2D eigenvalue weighted by Crippen LogP contribution is -2.22. The van der Waals surface area contributed by atoms with Gasteiger partial charge in [0.15, 0.2) is 5.58 Å². The zero-order chi connectivity index (χ0) is 18.2. The van der Waals surface area contributed by atoms with Gasteiger partial charge in [0.1, 0.15) is 0 Å². The molecule has 25 heavy (non-hydrogen) atoms. The van der Waals surface area contributed by atoms with E-state index in [0.717, 1.165) is 4.31 Å². The summed E-state index contributed by atoms with van der Waals surface area (Å²) in [5.41, 5.74) is 1.44. The Morgan fingerprint density at radius 3 is 2.64 bits per heavy atom. The Morgan fingerprint density at radius 1 is 1.16 bits per heavy atom. The number of H-pyrrole nitrogens is 1. The molecule has 8 nitrogen and oxygen atoms in total. The molecule has 1 amide bonds. The van der Waals surface area contributed by atoms with Gasteiger partial charge in [-0.05, 0) is 30.3 Å². The number of carbonyl (C=O) groups is 1. The number of rotatable bonds is 4. The molecular weight excluding hydrogens is 346 g/mol. The highest BCUT2D eigenvalue weighted by Gasteiger charge is 2.18. The number of aromatic nitrogens is 1. The van der Waals surface area contributed by atoms with Gasteiger partial charge in [-0.15, -0.1) is 0 Å². The standard InChI is InChI=1S/C16H15N3O5S/c1-19(2)25(22,23)12-5-3-4-10(8-12)15(20)17-11-6-7-13-14(9-11)24-16(21)18-13/h3-9H,1-2H3,(H,17,20)(H,18,21). The molecule has 3 rings (SSSR count). The molecule has 0 aliphatic rings. The van der Waals surface area contributed by atoms with Crippen LogP contribution in [0.4, 0.5) is 5.69 Å². The van der Waals surface area contributed by atoms with Crippen LogP contribution in [0, 0.1) is 0 Å². The molecule has 1 aromatic heterocycles. The number of oxazole rings is 1. The van der Waals surface area contributed by atoms with E-state index in [1.165, 1.54) is 44.4 Å². The smallest absolute Gasteiger partial charge is 0.408 e. The van der Waals surface area contributed by atoms with Crippen molar-refractivity contribution in [3.05, 3.63) is 58.6 Å². The van der Waals surface area contributed by atoms with E-state index < -0.39 is 21.7 Å². The highest BCUT2D eigenvalue weighted by atomic mass is 32.2. The van der Waals surface area contributed by atoms with Crippen LogP contribution < -0.4 is 11.1 Å². The Balaban J connectivity index is 1.89. The van der Waals surface area contributed by atoms with Gasteiger partial charge in [-0.25, -0.2) is 17.5 Å². The predicted octanol–water partition coefficient (Wildman–Crippen LogP) is 1.62. The number of nitrogens with one attached hydrogen (secondary N) is 2. The second-order valence-electron chi connectivity index (χ2n) is 5.49. The van der Waals surface area contributed by atoms with E-state index in [-0.39, 0.29) is 10.5 Å². The minimum atomic E-state index is -3.63. The van der Waals surface area contributed by atoms with E-state index in [4.69, 9.17) is 4.42 Å². The van der Waals surface area contributed by atoms with E-state index >= 15 is 0 Å². The highest BCUT2D eigenvalue weighted by Crippen LogP contribution is 2.19. The van der Waals surface area contributed by atoms with Crippen LogP contribution in [-0.2, 0) is 10.0 Å². The largest absolute Gasteiger partial charge is 0.417 e. The molecule has 0 radical (unpaired) electrons. The molecule has 0 aliphatic heterocycles. The van der Waals surface area contributed by atoms with Gasteiger partial charge >= 0.3 is 5.76 Å². The molecular formula is C16H15N3O5S. The summed E-state index contributed by atoms with van der Waals surface area (Å²) in [6, 6.07) is 10.4. The number of fused-ring (bicyclic) bond motifs is 1. The molecule has 0 unspecified atom stereocenters. The van der Waals surface area contributed by atoms with Crippen molar-refractivity contribution >= 4 is 32.7 Å². The van der Waals surface area contributed by atoms with Crippen LogP contribution in [0.2, 0.25) is 0 Å². The average Bonchev–Trinajstić information content (AvgIpc) is 2.94. The topological polar surface area (TPSA) is 112 Å². The van der Waals surface area contributed by atoms with E-state index in [2.05, 4.69) is 10.3 Å². The maximum Gasteiger partial charge on any atom is 0.417 e. The summed E-state index contributed by atoms with van der Waals surface area (Å²) < 4.78 is 30.3. The van der Waals surface area contributed by atoms with E-state index in [0.29, 0.717) is 16.8 Å². The van der Waals surface area contributed by atoms with Crippen LogP contribution in [-0.4, -0.2) is 37.7 Å². The van der Waals surface area contributed by atoms with Crippen LogP contribution in [0.1, 0.15) is 10.4 Å². The number of hydrogen-bond acceptors (Lipinski definition) is 5. The van der Waals surface area contributed by atoms with E-state index in [1.54, 1.807) is 12.1 Å². The summed E-state index contributed by atoms with van der Waals surface area (Å²) in [5.74, 6) is -1.06. The third kappa shape index (κ3) is 3.32. The molecule has 2 aromatic carbocycles. The fraction of sp³-hybridized carbons (Fsp3) is 0.125. The van der Waals surface area contributed by atoms with E-state index in [9.17, 15) is 18.0 Å². The van der Waals surface area contributed by atoms with Crippen molar-refractivity contribution in [2.45, 2.75) is 4.90 Å². The minimum absolute atomic E-state index is 0.0252. The van der Waals surface area contributed by atoms with Gasteiger partial charge in [-0.2, -0.15) is 0 Å². The Labute approximate surface area is 143 Å². The van der Waals surface area contributed by atoms with Gasteiger partial charge in [0.2, 0.25) is 10.0 Å². The van der Waals surface area contributed by atoms with Crippen molar-refractivity contribution in [1.29, 1.82) is 0 Å². The molecule has 1 heterocycles. The lowest BCUT2D eigenvalue weighted by molar-refractivity contribution is 0.102. The van der Waals surface area contributed by atoms with Crippen LogP contribution >= 0.6 is 0 Å². The molecule has 2 N–H and O–H groups in total. The van der Waals surface area contributed by atoms with Crippen molar-refractivity contribution < 1.29 is 17.6 Å². The monoisotopic (exact) mass is 361 g/mol. The van der Waals surface area contributed by atoms with E-state index in [1.807, 2.05) is 0 Å². The third-order valence-corrected chi connectivity index (χ3v) is 5.36. The lowest BCUT2D eigenvalue weighted by atomic mass is 10.2. The fourth-order valence-corrected chi connectivity index (χ4v) is 3.18. The Bertz CT molecular complexity index is 1110. The van der Waals surface area contributed by atoms with Crippen molar-refractivity contribution in [2.24, 2.45) is 0 Å². The fourth-order valence-electron chi connectivity index (χ4n) is 2.24. The molecule has 0 atom stereocenters. The molecule has 0 spiro atoms. The summed E-state index contributed by atoms with van der Waals surface area (Å²) in [6.45, 7) is 0. The average molecular weight is 361 g/mol. The van der Waals surface area contributed by atoms with Crippen molar-refractivity contribution in [3.8, 4) is 0 Å². The number of benzene rings is 2.